The lowest BCUT2D eigenvalue weighted by Gasteiger charge is -2.17. The number of ether oxygens (including phenoxy) is 1. The maximum atomic E-state index is 13.1. The Bertz CT molecular complexity index is 1220. The fourth-order valence-corrected chi connectivity index (χ4v) is 4.18. The maximum Gasteiger partial charge on any atom is 0.214 e. The zero-order valence-electron chi connectivity index (χ0n) is 16.1. The molecule has 0 amide bonds. The molecule has 4 rings (SSSR count). The average molecular weight is 459 g/mol. The van der Waals surface area contributed by atoms with Crippen LogP contribution < -0.4 is 4.74 Å². The monoisotopic (exact) mass is 458 g/mol. The first kappa shape index (κ1) is 21.2. The van der Waals surface area contributed by atoms with Gasteiger partial charge in [0.1, 0.15) is 12.4 Å². The summed E-state index contributed by atoms with van der Waals surface area (Å²) in [5.41, 5.74) is 3.05. The highest BCUT2D eigenvalue weighted by molar-refractivity contribution is 6.37. The molecule has 0 aliphatic rings. The Morgan fingerprint density at radius 2 is 1.74 bits per heavy atom. The minimum Gasteiger partial charge on any atom is -0.486 e. The van der Waals surface area contributed by atoms with Gasteiger partial charge < -0.3 is 9.72 Å². The molecule has 1 atom stereocenters. The van der Waals surface area contributed by atoms with Crippen molar-refractivity contribution in [3.63, 3.8) is 0 Å². The maximum absolute atomic E-state index is 13.1. The summed E-state index contributed by atoms with van der Waals surface area (Å²) in [6.45, 7) is -0.163. The number of para-hydroxylation sites is 1. The Labute approximate surface area is 187 Å². The van der Waals surface area contributed by atoms with Gasteiger partial charge in [0.2, 0.25) is 6.54 Å². The number of H-pyrrole nitrogens is 1. The molecule has 1 aromatic heterocycles. The second-order valence-electron chi connectivity index (χ2n) is 7.09. The Balaban J connectivity index is 1.66. The van der Waals surface area contributed by atoms with Gasteiger partial charge in [-0.1, -0.05) is 53.5 Å². The minimum absolute atomic E-state index is 0.153. The molecule has 1 N–H and O–H groups in total. The van der Waals surface area contributed by atoms with Crippen LogP contribution in [-0.4, -0.2) is 16.5 Å². The number of nitrogens with one attached hydrogen (secondary N) is 1. The molecule has 0 unspecified atom stereocenters. The normalized spacial score (nSPS) is 12.1. The van der Waals surface area contributed by atoms with Crippen LogP contribution in [0.2, 0.25) is 10.0 Å². The first-order valence-corrected chi connectivity index (χ1v) is 10.2. The third-order valence-corrected chi connectivity index (χ3v) is 5.61. The van der Waals surface area contributed by atoms with E-state index in [9.17, 15) is 14.5 Å². The first-order valence-electron chi connectivity index (χ1n) is 9.46. The van der Waals surface area contributed by atoms with Crippen LogP contribution in [0, 0.1) is 15.9 Å². The van der Waals surface area contributed by atoms with E-state index in [0.29, 0.717) is 5.56 Å². The Morgan fingerprint density at radius 3 is 2.42 bits per heavy atom. The predicted octanol–water partition coefficient (Wildman–Crippen LogP) is 6.60. The highest BCUT2D eigenvalue weighted by atomic mass is 35.5. The zero-order chi connectivity index (χ0) is 22.0. The van der Waals surface area contributed by atoms with Crippen LogP contribution in [0.4, 0.5) is 4.39 Å². The summed E-state index contributed by atoms with van der Waals surface area (Å²) < 4.78 is 18.8. The van der Waals surface area contributed by atoms with E-state index in [0.717, 1.165) is 22.0 Å². The summed E-state index contributed by atoms with van der Waals surface area (Å²) >= 11 is 12.9. The van der Waals surface area contributed by atoms with Crippen molar-refractivity contribution in [2.45, 2.75) is 12.5 Å². The van der Waals surface area contributed by atoms with Crippen molar-refractivity contribution in [2.24, 2.45) is 0 Å². The molecular weight excluding hydrogens is 442 g/mol. The SMILES string of the molecule is O=[N+]([O-])C[C@@H](c1cc(Cl)c(OCc2ccc(F)cc2)c(Cl)c1)c1c[nH]c2ccccc12. The van der Waals surface area contributed by atoms with Gasteiger partial charge in [-0.2, -0.15) is 0 Å². The lowest BCUT2D eigenvalue weighted by atomic mass is 9.91. The van der Waals surface area contributed by atoms with Crippen molar-refractivity contribution in [1.82, 2.24) is 4.98 Å². The molecule has 0 saturated carbocycles. The third kappa shape index (κ3) is 4.65. The van der Waals surface area contributed by atoms with Crippen LogP contribution in [0.25, 0.3) is 10.9 Å². The van der Waals surface area contributed by atoms with Crippen LogP contribution in [0.3, 0.4) is 0 Å². The summed E-state index contributed by atoms with van der Waals surface area (Å²) in [5.74, 6) is -0.610. The van der Waals surface area contributed by atoms with Crippen LogP contribution in [0.1, 0.15) is 22.6 Å². The fraction of sp³-hybridized carbons (Fsp3) is 0.130. The average Bonchev–Trinajstić information content (AvgIpc) is 3.16. The second kappa shape index (κ2) is 8.96. The summed E-state index contributed by atoms with van der Waals surface area (Å²) in [6, 6.07) is 16.8. The Hall–Kier alpha value is -3.09. The van der Waals surface area contributed by atoms with E-state index in [1.54, 1.807) is 30.5 Å². The van der Waals surface area contributed by atoms with Crippen LogP contribution in [-0.2, 0) is 6.61 Å². The van der Waals surface area contributed by atoms with Crippen molar-refractivity contribution >= 4 is 34.1 Å². The van der Waals surface area contributed by atoms with E-state index in [1.807, 2.05) is 24.3 Å². The fourth-order valence-electron chi connectivity index (χ4n) is 3.57. The molecule has 1 heterocycles. The van der Waals surface area contributed by atoms with E-state index in [-0.39, 0.29) is 39.7 Å². The van der Waals surface area contributed by atoms with Crippen molar-refractivity contribution < 1.29 is 14.1 Å². The minimum atomic E-state index is -0.549. The number of nitro groups is 1. The first-order chi connectivity index (χ1) is 14.9. The molecule has 0 radical (unpaired) electrons. The molecule has 4 aromatic rings. The molecule has 5 nitrogen and oxygen atoms in total. The third-order valence-electron chi connectivity index (χ3n) is 5.05. The van der Waals surface area contributed by atoms with E-state index in [2.05, 4.69) is 4.98 Å². The Morgan fingerprint density at radius 1 is 1.06 bits per heavy atom. The van der Waals surface area contributed by atoms with E-state index < -0.39 is 5.92 Å². The van der Waals surface area contributed by atoms with E-state index in [4.69, 9.17) is 27.9 Å². The van der Waals surface area contributed by atoms with Crippen molar-refractivity contribution in [2.75, 3.05) is 6.54 Å². The van der Waals surface area contributed by atoms with Gasteiger partial charge in [-0.3, -0.25) is 10.1 Å². The lowest BCUT2D eigenvalue weighted by molar-refractivity contribution is -0.481. The van der Waals surface area contributed by atoms with Crippen molar-refractivity contribution in [1.29, 1.82) is 0 Å². The van der Waals surface area contributed by atoms with Gasteiger partial charge in [-0.15, -0.1) is 0 Å². The number of benzene rings is 3. The number of hydrogen-bond acceptors (Lipinski definition) is 3. The zero-order valence-corrected chi connectivity index (χ0v) is 17.7. The van der Waals surface area contributed by atoms with Crippen molar-refractivity contribution in [3.8, 4) is 5.75 Å². The molecule has 0 aliphatic heterocycles. The van der Waals surface area contributed by atoms with Crippen LogP contribution in [0.5, 0.6) is 5.75 Å². The molecule has 0 spiro atoms. The number of rotatable bonds is 7. The van der Waals surface area contributed by atoms with Crippen molar-refractivity contribution in [3.05, 3.63) is 110 Å². The molecule has 0 bridgehead atoms. The second-order valence-corrected chi connectivity index (χ2v) is 7.90. The van der Waals surface area contributed by atoms with E-state index >= 15 is 0 Å². The van der Waals surface area contributed by atoms with Gasteiger partial charge in [-0.25, -0.2) is 4.39 Å². The highest BCUT2D eigenvalue weighted by Crippen LogP contribution is 2.39. The topological polar surface area (TPSA) is 68.2 Å². The van der Waals surface area contributed by atoms with Gasteiger partial charge in [0.25, 0.3) is 0 Å². The Kier molecular flexibility index (Phi) is 6.11. The van der Waals surface area contributed by atoms with Gasteiger partial charge in [0.15, 0.2) is 5.75 Å². The predicted molar refractivity (Wildman–Crippen MR) is 119 cm³/mol. The number of aromatic nitrogens is 1. The number of aromatic amines is 1. The quantitative estimate of drug-likeness (QED) is 0.250. The number of halogens is 3. The summed E-state index contributed by atoms with van der Waals surface area (Å²) in [7, 11) is 0. The molecular formula is C23H17Cl2FN2O3. The molecule has 0 saturated heterocycles. The van der Waals surface area contributed by atoms with E-state index in [1.165, 1.54) is 12.1 Å². The number of fused-ring (bicyclic) bond motifs is 1. The van der Waals surface area contributed by atoms with Gasteiger partial charge in [0, 0.05) is 22.0 Å². The van der Waals surface area contributed by atoms with Crippen LogP contribution in [0.15, 0.2) is 66.9 Å². The lowest BCUT2D eigenvalue weighted by Crippen LogP contribution is -2.14. The standard InChI is InChI=1S/C23H17Cl2FN2O3/c24-20-9-15(10-21(25)23(20)31-13-14-5-7-16(26)8-6-14)19(12-28(29)30)18-11-27-22-4-2-1-3-17(18)22/h1-11,19,27H,12-13H2/t19-/m0/s1. The highest BCUT2D eigenvalue weighted by Gasteiger charge is 2.25. The molecule has 158 valence electrons. The molecule has 0 aliphatic carbocycles. The summed E-state index contributed by atoms with van der Waals surface area (Å²) in [5, 5.41) is 12.8. The molecule has 0 fully saturated rings. The summed E-state index contributed by atoms with van der Waals surface area (Å²) in [4.78, 5) is 14.2. The van der Waals surface area contributed by atoms with Crippen LogP contribution >= 0.6 is 23.2 Å². The number of nitrogens with zero attached hydrogens (tertiary/aromatic N) is 1. The summed E-state index contributed by atoms with van der Waals surface area (Å²) in [6.07, 6.45) is 1.78. The van der Waals surface area contributed by atoms with Gasteiger partial charge in [-0.05, 0) is 47.0 Å². The van der Waals surface area contributed by atoms with Gasteiger partial charge in [0.05, 0.1) is 16.0 Å². The molecule has 3 aromatic carbocycles. The molecule has 8 heteroatoms. The number of hydrogen-bond donors (Lipinski definition) is 1. The largest absolute Gasteiger partial charge is 0.486 e. The smallest absolute Gasteiger partial charge is 0.214 e. The molecule has 31 heavy (non-hydrogen) atoms. The van der Waals surface area contributed by atoms with Gasteiger partial charge >= 0.3 is 0 Å².